The zero-order valence-corrected chi connectivity index (χ0v) is 15.8. The molecule has 1 aliphatic rings. The first kappa shape index (κ1) is 19.6. The van der Waals surface area contributed by atoms with Crippen LogP contribution in [0.5, 0.6) is 5.75 Å². The van der Waals surface area contributed by atoms with E-state index in [-0.39, 0.29) is 31.3 Å². The molecule has 0 saturated heterocycles. The lowest BCUT2D eigenvalue weighted by molar-refractivity contribution is -0.142. The Bertz CT molecular complexity index is 890. The summed E-state index contributed by atoms with van der Waals surface area (Å²) >= 11 is 0. The normalized spacial score (nSPS) is 12.2. The van der Waals surface area contributed by atoms with Gasteiger partial charge in [-0.1, -0.05) is 24.3 Å². The second-order valence-corrected chi connectivity index (χ2v) is 6.63. The van der Waals surface area contributed by atoms with Crippen LogP contribution in [-0.2, 0) is 22.4 Å². The van der Waals surface area contributed by atoms with Gasteiger partial charge in [0, 0.05) is 12.1 Å². The largest absolute Gasteiger partial charge is 0.496 e. The fourth-order valence-electron chi connectivity index (χ4n) is 3.25. The van der Waals surface area contributed by atoms with Crippen LogP contribution in [-0.4, -0.2) is 37.9 Å². The maximum atomic E-state index is 12.2. The Kier molecular flexibility index (Phi) is 6.42. The van der Waals surface area contributed by atoms with Crippen molar-refractivity contribution in [3.05, 3.63) is 64.7 Å². The summed E-state index contributed by atoms with van der Waals surface area (Å²) < 4.78 is 10.2. The van der Waals surface area contributed by atoms with Gasteiger partial charge in [-0.15, -0.1) is 0 Å². The summed E-state index contributed by atoms with van der Waals surface area (Å²) in [5, 5.41) is 2.65. The monoisotopic (exact) mass is 381 g/mol. The van der Waals surface area contributed by atoms with Crippen molar-refractivity contribution >= 4 is 17.7 Å². The van der Waals surface area contributed by atoms with E-state index in [0.29, 0.717) is 16.9 Å². The Morgan fingerprint density at radius 1 is 1.04 bits per heavy atom. The summed E-state index contributed by atoms with van der Waals surface area (Å²) in [7, 11) is 1.49. The molecule has 0 heterocycles. The summed E-state index contributed by atoms with van der Waals surface area (Å²) in [6, 6.07) is 12.5. The number of hydrogen-bond donors (Lipinski definition) is 1. The van der Waals surface area contributed by atoms with Gasteiger partial charge in [0.1, 0.15) is 5.75 Å². The van der Waals surface area contributed by atoms with Crippen LogP contribution < -0.4 is 10.1 Å². The Morgan fingerprint density at radius 3 is 2.64 bits per heavy atom. The van der Waals surface area contributed by atoms with Crippen LogP contribution in [0.15, 0.2) is 42.5 Å². The van der Waals surface area contributed by atoms with E-state index in [2.05, 4.69) is 5.32 Å². The van der Waals surface area contributed by atoms with Gasteiger partial charge >= 0.3 is 5.97 Å². The number of nitrogens with one attached hydrogen (secondary N) is 1. The number of para-hydroxylation sites is 1. The van der Waals surface area contributed by atoms with Crippen LogP contribution in [0.1, 0.15) is 44.7 Å². The fraction of sp³-hybridized carbons (Fsp3) is 0.318. The number of aryl methyl sites for hydroxylation is 2. The molecular formula is C22H23NO5. The number of ketones is 1. The first-order chi connectivity index (χ1) is 13.6. The van der Waals surface area contributed by atoms with Gasteiger partial charge in [0.15, 0.2) is 12.4 Å². The van der Waals surface area contributed by atoms with E-state index in [9.17, 15) is 14.4 Å². The molecule has 2 aromatic rings. The van der Waals surface area contributed by atoms with Crippen LogP contribution in [0.2, 0.25) is 0 Å². The lowest BCUT2D eigenvalue weighted by Crippen LogP contribution is -2.27. The number of Topliss-reactive ketones (excluding diaryl/α,β-unsaturated/α-hetero) is 1. The number of fused-ring (bicyclic) bond motifs is 1. The van der Waals surface area contributed by atoms with Crippen molar-refractivity contribution in [3.8, 4) is 5.75 Å². The number of benzene rings is 2. The zero-order chi connectivity index (χ0) is 19.9. The van der Waals surface area contributed by atoms with E-state index in [1.54, 1.807) is 30.3 Å². The second kappa shape index (κ2) is 9.17. The number of rotatable bonds is 8. The molecule has 146 valence electrons. The van der Waals surface area contributed by atoms with Crippen LogP contribution in [0, 0.1) is 0 Å². The van der Waals surface area contributed by atoms with Crippen LogP contribution in [0.4, 0.5) is 0 Å². The standard InChI is InChI=1S/C22H23NO5/c1-27-20-8-3-2-7-18(20)22(26)23-12-11-21(25)28-14-19(24)17-10-9-15-5-4-6-16(15)13-17/h2-3,7-10,13H,4-6,11-12,14H2,1H3,(H,23,26). The van der Waals surface area contributed by atoms with Gasteiger partial charge in [-0.25, -0.2) is 0 Å². The molecule has 28 heavy (non-hydrogen) atoms. The number of ether oxygens (including phenoxy) is 2. The van der Waals surface area contributed by atoms with Crippen molar-refractivity contribution in [2.75, 3.05) is 20.3 Å². The number of carbonyl (C=O) groups excluding carboxylic acids is 3. The molecule has 0 unspecified atom stereocenters. The fourth-order valence-corrected chi connectivity index (χ4v) is 3.25. The Hall–Kier alpha value is -3.15. The predicted octanol–water partition coefficient (Wildman–Crippen LogP) is 2.73. The molecule has 6 heteroatoms. The zero-order valence-electron chi connectivity index (χ0n) is 15.8. The number of esters is 1. The van der Waals surface area contributed by atoms with Crippen molar-refractivity contribution in [3.63, 3.8) is 0 Å². The van der Waals surface area contributed by atoms with E-state index in [1.807, 2.05) is 12.1 Å². The molecule has 1 amide bonds. The van der Waals surface area contributed by atoms with E-state index < -0.39 is 5.97 Å². The van der Waals surface area contributed by atoms with Gasteiger partial charge in [-0.2, -0.15) is 0 Å². The maximum Gasteiger partial charge on any atom is 0.308 e. The Labute approximate surface area is 163 Å². The van der Waals surface area contributed by atoms with Crippen molar-refractivity contribution in [2.45, 2.75) is 25.7 Å². The molecule has 0 spiro atoms. The molecule has 1 N–H and O–H groups in total. The summed E-state index contributed by atoms with van der Waals surface area (Å²) in [5.74, 6) is -0.627. The van der Waals surface area contributed by atoms with Gasteiger partial charge in [-0.05, 0) is 48.6 Å². The van der Waals surface area contributed by atoms with Crippen molar-refractivity contribution < 1.29 is 23.9 Å². The van der Waals surface area contributed by atoms with Crippen molar-refractivity contribution in [1.82, 2.24) is 5.32 Å². The molecular weight excluding hydrogens is 358 g/mol. The summed E-state index contributed by atoms with van der Waals surface area (Å²) in [6.07, 6.45) is 3.14. The lowest BCUT2D eigenvalue weighted by atomic mass is 10.0. The number of hydrogen-bond acceptors (Lipinski definition) is 5. The summed E-state index contributed by atoms with van der Waals surface area (Å²) in [5.41, 5.74) is 3.46. The summed E-state index contributed by atoms with van der Waals surface area (Å²) in [6.45, 7) is -0.180. The predicted molar refractivity (Wildman–Crippen MR) is 104 cm³/mol. The van der Waals surface area contributed by atoms with Crippen LogP contribution >= 0.6 is 0 Å². The van der Waals surface area contributed by atoms with E-state index in [4.69, 9.17) is 9.47 Å². The van der Waals surface area contributed by atoms with Gasteiger partial charge in [0.05, 0.1) is 19.1 Å². The minimum atomic E-state index is -0.533. The van der Waals surface area contributed by atoms with Crippen LogP contribution in [0.3, 0.4) is 0 Å². The highest BCUT2D eigenvalue weighted by Gasteiger charge is 2.16. The molecule has 0 bridgehead atoms. The molecule has 6 nitrogen and oxygen atoms in total. The average Bonchev–Trinajstić information content (AvgIpc) is 3.19. The molecule has 1 aliphatic carbocycles. The SMILES string of the molecule is COc1ccccc1C(=O)NCCC(=O)OCC(=O)c1ccc2c(c1)CCC2. The highest BCUT2D eigenvalue weighted by atomic mass is 16.5. The lowest BCUT2D eigenvalue weighted by Gasteiger charge is -2.09. The van der Waals surface area contributed by atoms with Crippen molar-refractivity contribution in [1.29, 1.82) is 0 Å². The minimum Gasteiger partial charge on any atom is -0.496 e. The average molecular weight is 381 g/mol. The third-order valence-electron chi connectivity index (χ3n) is 4.75. The first-order valence-corrected chi connectivity index (χ1v) is 9.30. The molecule has 0 aliphatic heterocycles. The van der Waals surface area contributed by atoms with Gasteiger partial charge in [-0.3, -0.25) is 14.4 Å². The smallest absolute Gasteiger partial charge is 0.308 e. The molecule has 0 radical (unpaired) electrons. The third-order valence-corrected chi connectivity index (χ3v) is 4.75. The highest BCUT2D eigenvalue weighted by Crippen LogP contribution is 2.23. The number of methoxy groups -OCH3 is 1. The Morgan fingerprint density at radius 2 is 1.82 bits per heavy atom. The van der Waals surface area contributed by atoms with Crippen LogP contribution in [0.25, 0.3) is 0 Å². The van der Waals surface area contributed by atoms with Gasteiger partial charge < -0.3 is 14.8 Å². The minimum absolute atomic E-state index is 0.0155. The summed E-state index contributed by atoms with van der Waals surface area (Å²) in [4.78, 5) is 36.2. The van der Waals surface area contributed by atoms with E-state index in [1.165, 1.54) is 18.2 Å². The first-order valence-electron chi connectivity index (χ1n) is 9.30. The highest BCUT2D eigenvalue weighted by molar-refractivity contribution is 5.98. The molecule has 2 aromatic carbocycles. The topological polar surface area (TPSA) is 81.7 Å². The van der Waals surface area contributed by atoms with Gasteiger partial charge in [0.2, 0.25) is 0 Å². The maximum absolute atomic E-state index is 12.2. The van der Waals surface area contributed by atoms with E-state index in [0.717, 1.165) is 19.3 Å². The second-order valence-electron chi connectivity index (χ2n) is 6.63. The molecule has 0 atom stereocenters. The van der Waals surface area contributed by atoms with E-state index >= 15 is 0 Å². The quantitative estimate of drug-likeness (QED) is 0.562. The molecule has 3 rings (SSSR count). The molecule has 0 fully saturated rings. The third kappa shape index (κ3) is 4.76. The molecule has 0 saturated carbocycles. The number of carbonyl (C=O) groups is 3. The number of amides is 1. The van der Waals surface area contributed by atoms with Crippen molar-refractivity contribution in [2.24, 2.45) is 0 Å². The molecule has 0 aromatic heterocycles. The Balaban J connectivity index is 1.42. The van der Waals surface area contributed by atoms with Gasteiger partial charge in [0.25, 0.3) is 5.91 Å².